The van der Waals surface area contributed by atoms with E-state index in [4.69, 9.17) is 4.74 Å². The van der Waals surface area contributed by atoms with Crippen LogP contribution >= 0.6 is 0 Å². The van der Waals surface area contributed by atoms with Crippen molar-refractivity contribution >= 4 is 27.5 Å². The SMILES string of the molecule is CC[C@H]1Oc2cc(S(=O)(=O)N(C)CC(=O)N(C)Cc3ccccc3)c(C)cc2NC1=O. The summed E-state index contributed by atoms with van der Waals surface area (Å²) in [5.41, 5.74) is 1.85. The zero-order valence-corrected chi connectivity index (χ0v) is 18.9. The van der Waals surface area contributed by atoms with E-state index in [1.807, 2.05) is 37.3 Å². The van der Waals surface area contributed by atoms with Crippen molar-refractivity contribution < 1.29 is 22.7 Å². The molecule has 2 aromatic rings. The van der Waals surface area contributed by atoms with Gasteiger partial charge in [-0.05, 0) is 30.5 Å². The largest absolute Gasteiger partial charge is 0.478 e. The van der Waals surface area contributed by atoms with Gasteiger partial charge in [0.25, 0.3) is 5.91 Å². The molecule has 1 N–H and O–H groups in total. The van der Waals surface area contributed by atoms with Crippen molar-refractivity contribution in [3.8, 4) is 5.75 Å². The van der Waals surface area contributed by atoms with Crippen LogP contribution in [0, 0.1) is 6.92 Å². The predicted molar refractivity (Wildman–Crippen MR) is 117 cm³/mol. The number of hydrogen-bond acceptors (Lipinski definition) is 5. The third-order valence-electron chi connectivity index (χ3n) is 5.20. The molecule has 3 rings (SSSR count). The summed E-state index contributed by atoms with van der Waals surface area (Å²) in [5, 5.41) is 2.75. The third-order valence-corrected chi connectivity index (χ3v) is 7.15. The fourth-order valence-electron chi connectivity index (χ4n) is 3.34. The lowest BCUT2D eigenvalue weighted by Crippen LogP contribution is -2.39. The number of nitrogens with one attached hydrogen (secondary N) is 1. The van der Waals surface area contributed by atoms with Crippen LogP contribution in [-0.4, -0.2) is 56.2 Å². The van der Waals surface area contributed by atoms with Crippen molar-refractivity contribution in [2.24, 2.45) is 0 Å². The second kappa shape index (κ2) is 9.07. The zero-order chi connectivity index (χ0) is 22.8. The molecule has 0 bridgehead atoms. The van der Waals surface area contributed by atoms with Gasteiger partial charge in [0.05, 0.1) is 17.1 Å². The van der Waals surface area contributed by atoms with Crippen LogP contribution in [0.15, 0.2) is 47.4 Å². The first-order chi connectivity index (χ1) is 14.6. The summed E-state index contributed by atoms with van der Waals surface area (Å²) >= 11 is 0. The Morgan fingerprint density at radius 1 is 1.16 bits per heavy atom. The van der Waals surface area contributed by atoms with Crippen molar-refractivity contribution in [1.82, 2.24) is 9.21 Å². The molecule has 166 valence electrons. The average molecular weight is 446 g/mol. The molecule has 31 heavy (non-hydrogen) atoms. The van der Waals surface area contributed by atoms with E-state index < -0.39 is 16.1 Å². The number of hydrogen-bond donors (Lipinski definition) is 1. The van der Waals surface area contributed by atoms with Gasteiger partial charge >= 0.3 is 0 Å². The highest BCUT2D eigenvalue weighted by atomic mass is 32.2. The molecule has 1 aliphatic heterocycles. The van der Waals surface area contributed by atoms with Crippen molar-refractivity contribution in [2.75, 3.05) is 26.0 Å². The highest BCUT2D eigenvalue weighted by Gasteiger charge is 2.31. The second-order valence-electron chi connectivity index (χ2n) is 7.61. The maximum absolute atomic E-state index is 13.2. The lowest BCUT2D eigenvalue weighted by atomic mass is 10.1. The standard InChI is InChI=1S/C22H27N3O5S/c1-5-18-22(27)23-17-11-15(2)20(12-19(17)30-18)31(28,29)25(4)14-21(26)24(3)13-16-9-7-6-8-10-16/h6-12,18H,5,13-14H2,1-4H3,(H,23,27)/t18-/m1/s1. The predicted octanol–water partition coefficient (Wildman–Crippen LogP) is 2.38. The molecule has 0 fully saturated rings. The van der Waals surface area contributed by atoms with Crippen molar-refractivity contribution in [1.29, 1.82) is 0 Å². The molecule has 1 atom stereocenters. The van der Waals surface area contributed by atoms with E-state index in [1.165, 1.54) is 18.0 Å². The van der Waals surface area contributed by atoms with Crippen LogP contribution in [0.25, 0.3) is 0 Å². The number of nitrogens with zero attached hydrogens (tertiary/aromatic N) is 2. The molecule has 0 aliphatic carbocycles. The van der Waals surface area contributed by atoms with Gasteiger partial charge in [0, 0.05) is 26.7 Å². The molecule has 0 saturated heterocycles. The van der Waals surface area contributed by atoms with E-state index in [0.717, 1.165) is 9.87 Å². The first kappa shape index (κ1) is 22.8. The van der Waals surface area contributed by atoms with E-state index >= 15 is 0 Å². The van der Waals surface area contributed by atoms with E-state index in [1.54, 1.807) is 20.0 Å². The molecule has 0 unspecified atom stereocenters. The number of amides is 2. The number of likely N-dealkylation sites (N-methyl/N-ethyl adjacent to an activating group) is 2. The summed E-state index contributed by atoms with van der Waals surface area (Å²) < 4.78 is 33.1. The Morgan fingerprint density at radius 2 is 1.84 bits per heavy atom. The minimum Gasteiger partial charge on any atom is -0.478 e. The molecule has 8 nitrogen and oxygen atoms in total. The van der Waals surface area contributed by atoms with Crippen molar-refractivity contribution in [3.05, 3.63) is 53.6 Å². The zero-order valence-electron chi connectivity index (χ0n) is 18.1. The number of ether oxygens (including phenoxy) is 1. The lowest BCUT2D eigenvalue weighted by molar-refractivity contribution is -0.130. The quantitative estimate of drug-likeness (QED) is 0.706. The average Bonchev–Trinajstić information content (AvgIpc) is 2.73. The molecule has 2 amide bonds. The van der Waals surface area contributed by atoms with Gasteiger partial charge in [0.2, 0.25) is 15.9 Å². The van der Waals surface area contributed by atoms with E-state index in [0.29, 0.717) is 30.0 Å². The number of carbonyl (C=O) groups excluding carboxylic acids is 2. The van der Waals surface area contributed by atoms with Gasteiger partial charge in [0.1, 0.15) is 5.75 Å². The molecular weight excluding hydrogens is 418 g/mol. The summed E-state index contributed by atoms with van der Waals surface area (Å²) in [6.07, 6.45) is -0.208. The third kappa shape index (κ3) is 4.88. The Hall–Kier alpha value is -2.91. The van der Waals surface area contributed by atoms with Crippen LogP contribution in [0.5, 0.6) is 5.75 Å². The first-order valence-corrected chi connectivity index (χ1v) is 11.4. The first-order valence-electron chi connectivity index (χ1n) is 10.00. The molecular formula is C22H27N3O5S. The fourth-order valence-corrected chi connectivity index (χ4v) is 4.68. The van der Waals surface area contributed by atoms with Gasteiger partial charge in [-0.1, -0.05) is 37.3 Å². The maximum atomic E-state index is 13.2. The van der Waals surface area contributed by atoms with E-state index in [-0.39, 0.29) is 23.3 Å². The number of sulfonamides is 1. The molecule has 9 heteroatoms. The van der Waals surface area contributed by atoms with Gasteiger partial charge in [-0.2, -0.15) is 4.31 Å². The molecule has 1 aliphatic rings. The smallest absolute Gasteiger partial charge is 0.265 e. The molecule has 1 heterocycles. The van der Waals surface area contributed by atoms with E-state index in [2.05, 4.69) is 5.32 Å². The molecule has 2 aromatic carbocycles. The Bertz CT molecular complexity index is 1090. The molecule has 0 saturated carbocycles. The summed E-state index contributed by atoms with van der Waals surface area (Å²) in [5.74, 6) is -0.272. The number of fused-ring (bicyclic) bond motifs is 1. The minimum atomic E-state index is -3.95. The van der Waals surface area contributed by atoms with Gasteiger partial charge < -0.3 is 15.0 Å². The van der Waals surface area contributed by atoms with Gasteiger partial charge in [-0.25, -0.2) is 8.42 Å². The fraction of sp³-hybridized carbons (Fsp3) is 0.364. The highest BCUT2D eigenvalue weighted by Crippen LogP contribution is 2.35. The van der Waals surface area contributed by atoms with Gasteiger partial charge in [-0.15, -0.1) is 0 Å². The minimum absolute atomic E-state index is 0.0401. The molecule has 0 radical (unpaired) electrons. The summed E-state index contributed by atoms with van der Waals surface area (Å²) in [6.45, 7) is 3.55. The van der Waals surface area contributed by atoms with Crippen LogP contribution in [-0.2, 0) is 26.2 Å². The second-order valence-corrected chi connectivity index (χ2v) is 9.63. The maximum Gasteiger partial charge on any atom is 0.265 e. The Morgan fingerprint density at radius 3 is 2.48 bits per heavy atom. The number of benzene rings is 2. The van der Waals surface area contributed by atoms with Gasteiger partial charge in [-0.3, -0.25) is 9.59 Å². The normalized spacial score (nSPS) is 15.8. The number of aryl methyl sites for hydroxylation is 1. The summed E-state index contributed by atoms with van der Waals surface area (Å²) in [6, 6.07) is 12.5. The highest BCUT2D eigenvalue weighted by molar-refractivity contribution is 7.89. The lowest BCUT2D eigenvalue weighted by Gasteiger charge is -2.27. The molecule has 0 spiro atoms. The Labute approximate surface area is 182 Å². The van der Waals surface area contributed by atoms with Crippen LogP contribution in [0.1, 0.15) is 24.5 Å². The number of carbonyl (C=O) groups is 2. The Balaban J connectivity index is 1.78. The van der Waals surface area contributed by atoms with Gasteiger partial charge in [0.15, 0.2) is 6.10 Å². The summed E-state index contributed by atoms with van der Waals surface area (Å²) in [7, 11) is -0.934. The monoisotopic (exact) mass is 445 g/mol. The number of rotatable bonds is 7. The van der Waals surface area contributed by atoms with Crippen molar-refractivity contribution in [2.45, 2.75) is 37.8 Å². The van der Waals surface area contributed by atoms with Crippen LogP contribution in [0.3, 0.4) is 0 Å². The van der Waals surface area contributed by atoms with E-state index in [9.17, 15) is 18.0 Å². The molecule has 0 aromatic heterocycles. The number of anilines is 1. The van der Waals surface area contributed by atoms with Crippen LogP contribution in [0.4, 0.5) is 5.69 Å². The van der Waals surface area contributed by atoms with Crippen LogP contribution < -0.4 is 10.1 Å². The summed E-state index contributed by atoms with van der Waals surface area (Å²) in [4.78, 5) is 26.2. The Kier molecular flexibility index (Phi) is 6.66. The van der Waals surface area contributed by atoms with Crippen LogP contribution in [0.2, 0.25) is 0 Å². The van der Waals surface area contributed by atoms with Crippen molar-refractivity contribution in [3.63, 3.8) is 0 Å². The topological polar surface area (TPSA) is 96.0 Å².